The van der Waals surface area contributed by atoms with Crippen LogP contribution >= 0.6 is 15.9 Å². The van der Waals surface area contributed by atoms with Gasteiger partial charge in [0.2, 0.25) is 0 Å². The molecule has 0 fully saturated rings. The van der Waals surface area contributed by atoms with Gasteiger partial charge in [-0.2, -0.15) is 0 Å². The summed E-state index contributed by atoms with van der Waals surface area (Å²) in [5, 5.41) is 13.2. The lowest BCUT2D eigenvalue weighted by Crippen LogP contribution is -2.13. The van der Waals surface area contributed by atoms with Crippen molar-refractivity contribution in [2.45, 2.75) is 12.3 Å². The van der Waals surface area contributed by atoms with Gasteiger partial charge in [-0.3, -0.25) is 4.79 Å². The normalized spacial score (nSPS) is 10.2. The number of rotatable bonds is 3. The number of halogens is 1. The Hall–Kier alpha value is -1.81. The number of phenols is 1. The van der Waals surface area contributed by atoms with Crippen molar-refractivity contribution in [3.63, 3.8) is 0 Å². The minimum atomic E-state index is -0.222. The zero-order valence-electron chi connectivity index (χ0n) is 10.5. The Kier molecular flexibility index (Phi) is 4.22. The van der Waals surface area contributed by atoms with E-state index in [0.717, 1.165) is 16.6 Å². The first-order valence-electron chi connectivity index (χ1n) is 5.86. The van der Waals surface area contributed by atoms with E-state index in [1.807, 2.05) is 24.3 Å². The molecule has 0 aromatic heterocycles. The van der Waals surface area contributed by atoms with Crippen LogP contribution in [0.5, 0.6) is 5.75 Å². The Morgan fingerprint density at radius 1 is 1.26 bits per heavy atom. The predicted molar refractivity (Wildman–Crippen MR) is 79.9 cm³/mol. The van der Waals surface area contributed by atoms with Gasteiger partial charge >= 0.3 is 0 Å². The molecule has 1 amide bonds. The third-order valence-electron chi connectivity index (χ3n) is 2.89. The average Bonchev–Trinajstić information content (AvgIpc) is 2.42. The maximum atomic E-state index is 12.2. The Morgan fingerprint density at radius 2 is 2.00 bits per heavy atom. The van der Waals surface area contributed by atoms with Gasteiger partial charge in [-0.1, -0.05) is 34.1 Å². The second-order valence-corrected chi connectivity index (χ2v) is 4.80. The summed E-state index contributed by atoms with van der Waals surface area (Å²) in [6.07, 6.45) is 0. The van der Waals surface area contributed by atoms with E-state index in [1.54, 1.807) is 25.1 Å². The molecule has 0 saturated heterocycles. The fourth-order valence-corrected chi connectivity index (χ4v) is 2.15. The highest BCUT2D eigenvalue weighted by atomic mass is 79.9. The number of anilines is 1. The fourth-order valence-electron chi connectivity index (χ4n) is 1.80. The van der Waals surface area contributed by atoms with Crippen LogP contribution in [-0.4, -0.2) is 11.0 Å². The monoisotopic (exact) mass is 319 g/mol. The maximum absolute atomic E-state index is 12.2. The highest BCUT2D eigenvalue weighted by Crippen LogP contribution is 2.21. The number of amides is 1. The summed E-state index contributed by atoms with van der Waals surface area (Å²) in [5.41, 5.74) is 2.89. The largest absolute Gasteiger partial charge is 0.508 e. The number of alkyl halides is 1. The number of carbonyl (C=O) groups excluding carboxylic acids is 1. The lowest BCUT2D eigenvalue weighted by atomic mass is 10.1. The van der Waals surface area contributed by atoms with Crippen molar-refractivity contribution < 1.29 is 9.90 Å². The van der Waals surface area contributed by atoms with Gasteiger partial charge < -0.3 is 10.4 Å². The maximum Gasteiger partial charge on any atom is 0.256 e. The van der Waals surface area contributed by atoms with E-state index in [2.05, 4.69) is 21.2 Å². The molecule has 0 spiro atoms. The molecule has 0 saturated carbocycles. The Morgan fingerprint density at radius 3 is 2.74 bits per heavy atom. The van der Waals surface area contributed by atoms with Crippen LogP contribution < -0.4 is 5.32 Å². The summed E-state index contributed by atoms with van der Waals surface area (Å²) in [7, 11) is 0. The van der Waals surface area contributed by atoms with Gasteiger partial charge in [0.25, 0.3) is 5.91 Å². The number of benzene rings is 2. The average molecular weight is 320 g/mol. The topological polar surface area (TPSA) is 49.3 Å². The molecule has 0 radical (unpaired) electrons. The van der Waals surface area contributed by atoms with Crippen LogP contribution in [0, 0.1) is 6.92 Å². The van der Waals surface area contributed by atoms with Crippen molar-refractivity contribution in [3.8, 4) is 5.75 Å². The molecular weight excluding hydrogens is 306 g/mol. The molecular formula is C15H14BrNO2. The Bertz CT molecular complexity index is 611. The SMILES string of the molecule is Cc1c(O)cccc1C(=O)Nc1cccc(CBr)c1. The quantitative estimate of drug-likeness (QED) is 0.844. The molecule has 2 N–H and O–H groups in total. The van der Waals surface area contributed by atoms with Crippen molar-refractivity contribution in [2.24, 2.45) is 0 Å². The number of nitrogens with one attached hydrogen (secondary N) is 1. The lowest BCUT2D eigenvalue weighted by Gasteiger charge is -2.09. The van der Waals surface area contributed by atoms with Gasteiger partial charge in [0.05, 0.1) is 0 Å². The first-order chi connectivity index (χ1) is 9.11. The van der Waals surface area contributed by atoms with E-state index in [9.17, 15) is 9.90 Å². The van der Waals surface area contributed by atoms with E-state index in [4.69, 9.17) is 0 Å². The van der Waals surface area contributed by atoms with Crippen LogP contribution in [0.4, 0.5) is 5.69 Å². The lowest BCUT2D eigenvalue weighted by molar-refractivity contribution is 0.102. The zero-order chi connectivity index (χ0) is 13.8. The van der Waals surface area contributed by atoms with Gasteiger partial charge in [0.1, 0.15) is 5.75 Å². The molecule has 0 bridgehead atoms. The smallest absolute Gasteiger partial charge is 0.256 e. The van der Waals surface area contributed by atoms with E-state index >= 15 is 0 Å². The molecule has 98 valence electrons. The third kappa shape index (κ3) is 3.15. The summed E-state index contributed by atoms with van der Waals surface area (Å²) >= 11 is 3.38. The van der Waals surface area contributed by atoms with E-state index < -0.39 is 0 Å². The van der Waals surface area contributed by atoms with Gasteiger partial charge in [-0.15, -0.1) is 0 Å². The van der Waals surface area contributed by atoms with Crippen LogP contribution in [0.1, 0.15) is 21.5 Å². The van der Waals surface area contributed by atoms with Crippen molar-refractivity contribution in [1.82, 2.24) is 0 Å². The summed E-state index contributed by atoms with van der Waals surface area (Å²) in [4.78, 5) is 12.2. The van der Waals surface area contributed by atoms with Crippen molar-refractivity contribution in [2.75, 3.05) is 5.32 Å². The molecule has 0 unspecified atom stereocenters. The Balaban J connectivity index is 2.23. The highest BCUT2D eigenvalue weighted by molar-refractivity contribution is 9.08. The zero-order valence-corrected chi connectivity index (χ0v) is 12.1. The molecule has 0 aliphatic rings. The number of hydrogen-bond acceptors (Lipinski definition) is 2. The second-order valence-electron chi connectivity index (χ2n) is 4.24. The van der Waals surface area contributed by atoms with E-state index in [0.29, 0.717) is 11.1 Å². The molecule has 0 heterocycles. The Labute approximate surface area is 120 Å². The molecule has 0 aliphatic carbocycles. The van der Waals surface area contributed by atoms with Gasteiger partial charge in [-0.05, 0) is 36.8 Å². The molecule has 2 rings (SSSR count). The first-order valence-corrected chi connectivity index (χ1v) is 6.99. The van der Waals surface area contributed by atoms with Crippen LogP contribution in [0.2, 0.25) is 0 Å². The second kappa shape index (κ2) is 5.89. The van der Waals surface area contributed by atoms with Crippen LogP contribution in [0.15, 0.2) is 42.5 Å². The standard InChI is InChI=1S/C15H14BrNO2/c1-10-13(6-3-7-14(10)18)15(19)17-12-5-2-4-11(8-12)9-16/h2-8,18H,9H2,1H3,(H,17,19). The minimum Gasteiger partial charge on any atom is -0.508 e. The minimum absolute atomic E-state index is 0.127. The van der Waals surface area contributed by atoms with Gasteiger partial charge in [0, 0.05) is 22.1 Å². The predicted octanol–water partition coefficient (Wildman–Crippen LogP) is 3.85. The van der Waals surface area contributed by atoms with Crippen LogP contribution in [0.3, 0.4) is 0 Å². The van der Waals surface area contributed by atoms with Gasteiger partial charge in [0.15, 0.2) is 0 Å². The van der Waals surface area contributed by atoms with Crippen molar-refractivity contribution in [1.29, 1.82) is 0 Å². The van der Waals surface area contributed by atoms with Crippen molar-refractivity contribution >= 4 is 27.5 Å². The molecule has 3 nitrogen and oxygen atoms in total. The molecule has 19 heavy (non-hydrogen) atoms. The van der Waals surface area contributed by atoms with E-state index in [-0.39, 0.29) is 11.7 Å². The summed E-state index contributed by atoms with van der Waals surface area (Å²) in [6, 6.07) is 12.5. The van der Waals surface area contributed by atoms with E-state index in [1.165, 1.54) is 0 Å². The van der Waals surface area contributed by atoms with Crippen LogP contribution in [-0.2, 0) is 5.33 Å². The molecule has 0 atom stereocenters. The number of phenolic OH excluding ortho intramolecular Hbond substituents is 1. The highest BCUT2D eigenvalue weighted by Gasteiger charge is 2.11. The molecule has 2 aromatic rings. The molecule has 0 aliphatic heterocycles. The third-order valence-corrected chi connectivity index (χ3v) is 3.54. The summed E-state index contributed by atoms with van der Waals surface area (Å²) < 4.78 is 0. The fraction of sp³-hybridized carbons (Fsp3) is 0.133. The molecule has 4 heteroatoms. The summed E-state index contributed by atoms with van der Waals surface area (Å²) in [5.74, 6) is -0.0954. The summed E-state index contributed by atoms with van der Waals surface area (Å²) in [6.45, 7) is 1.72. The first kappa shape index (κ1) is 13.6. The number of carbonyl (C=O) groups is 1. The van der Waals surface area contributed by atoms with Crippen LogP contribution in [0.25, 0.3) is 0 Å². The van der Waals surface area contributed by atoms with Crippen molar-refractivity contribution in [3.05, 3.63) is 59.2 Å². The molecule has 2 aromatic carbocycles. The van der Waals surface area contributed by atoms with Gasteiger partial charge in [-0.25, -0.2) is 0 Å². The number of aromatic hydroxyl groups is 1. The number of hydrogen-bond donors (Lipinski definition) is 2.